The molecule has 1 rings (SSSR count). The molecule has 1 aliphatic carbocycles. The average molecular weight is 327 g/mol. The minimum absolute atomic E-state index is 0.310. The minimum atomic E-state index is -0.437. The second kappa shape index (κ2) is 10.2. The van der Waals surface area contributed by atoms with Gasteiger partial charge in [0, 0.05) is 18.6 Å². The van der Waals surface area contributed by atoms with Gasteiger partial charge >= 0.3 is 6.09 Å². The molecule has 0 radical (unpaired) electrons. The van der Waals surface area contributed by atoms with Crippen molar-refractivity contribution in [2.24, 2.45) is 5.92 Å². The van der Waals surface area contributed by atoms with Crippen LogP contribution in [-0.4, -0.2) is 30.3 Å². The molecular formula is C19H38N2O2. The summed E-state index contributed by atoms with van der Waals surface area (Å²) in [5.41, 5.74) is -0.437. The molecule has 1 amide bonds. The van der Waals surface area contributed by atoms with E-state index in [1.165, 1.54) is 44.9 Å². The quantitative estimate of drug-likeness (QED) is 0.671. The first-order valence-corrected chi connectivity index (χ1v) is 9.53. The number of carbonyl (C=O) groups is 1. The van der Waals surface area contributed by atoms with Crippen molar-refractivity contribution in [2.45, 2.75) is 104 Å². The van der Waals surface area contributed by atoms with Crippen molar-refractivity contribution in [1.82, 2.24) is 10.6 Å². The summed E-state index contributed by atoms with van der Waals surface area (Å²) in [7, 11) is 0. The summed E-state index contributed by atoms with van der Waals surface area (Å²) >= 11 is 0. The van der Waals surface area contributed by atoms with Crippen LogP contribution in [-0.2, 0) is 4.74 Å². The molecule has 0 aromatic carbocycles. The van der Waals surface area contributed by atoms with Crippen molar-refractivity contribution >= 4 is 6.09 Å². The molecule has 0 saturated heterocycles. The highest BCUT2D eigenvalue weighted by Gasteiger charge is 2.21. The van der Waals surface area contributed by atoms with E-state index in [4.69, 9.17) is 4.74 Å². The van der Waals surface area contributed by atoms with E-state index >= 15 is 0 Å². The molecule has 136 valence electrons. The van der Waals surface area contributed by atoms with E-state index in [0.29, 0.717) is 18.6 Å². The predicted octanol–water partition coefficient (Wildman–Crippen LogP) is 4.63. The van der Waals surface area contributed by atoms with Gasteiger partial charge in [0.25, 0.3) is 0 Å². The summed E-state index contributed by atoms with van der Waals surface area (Å²) in [6, 6.07) is 0.947. The molecule has 4 heteroatoms. The van der Waals surface area contributed by atoms with Crippen molar-refractivity contribution in [2.75, 3.05) is 6.54 Å². The minimum Gasteiger partial charge on any atom is -0.444 e. The van der Waals surface area contributed by atoms with Gasteiger partial charge in [-0.25, -0.2) is 4.79 Å². The van der Waals surface area contributed by atoms with E-state index in [-0.39, 0.29) is 6.09 Å². The van der Waals surface area contributed by atoms with Crippen LogP contribution in [0.4, 0.5) is 4.79 Å². The Morgan fingerprint density at radius 1 is 1.22 bits per heavy atom. The Kier molecular flexibility index (Phi) is 8.96. The molecule has 3 atom stereocenters. The van der Waals surface area contributed by atoms with Gasteiger partial charge in [-0.1, -0.05) is 39.5 Å². The van der Waals surface area contributed by atoms with Crippen LogP contribution in [0.2, 0.25) is 0 Å². The molecule has 4 nitrogen and oxygen atoms in total. The SMILES string of the molecule is CCCCC(CNC(=O)OC(C)(C)C)NC1CCCC(C)CC1. The second-order valence-corrected chi connectivity index (χ2v) is 8.20. The van der Waals surface area contributed by atoms with Crippen LogP contribution < -0.4 is 10.6 Å². The topological polar surface area (TPSA) is 50.4 Å². The maximum atomic E-state index is 11.9. The van der Waals surface area contributed by atoms with Gasteiger partial charge in [0.1, 0.15) is 5.60 Å². The van der Waals surface area contributed by atoms with Gasteiger partial charge in [-0.2, -0.15) is 0 Å². The first-order valence-electron chi connectivity index (χ1n) is 9.53. The van der Waals surface area contributed by atoms with Gasteiger partial charge in [-0.3, -0.25) is 0 Å². The molecule has 0 bridgehead atoms. The Labute approximate surface area is 143 Å². The lowest BCUT2D eigenvalue weighted by Crippen LogP contribution is -2.46. The fourth-order valence-electron chi connectivity index (χ4n) is 3.20. The lowest BCUT2D eigenvalue weighted by Gasteiger charge is -2.26. The van der Waals surface area contributed by atoms with Gasteiger partial charge in [0.15, 0.2) is 0 Å². The van der Waals surface area contributed by atoms with Crippen molar-refractivity contribution < 1.29 is 9.53 Å². The number of hydrogen-bond acceptors (Lipinski definition) is 3. The zero-order chi connectivity index (χ0) is 17.3. The molecule has 23 heavy (non-hydrogen) atoms. The lowest BCUT2D eigenvalue weighted by molar-refractivity contribution is 0.0520. The Bertz CT molecular complexity index is 339. The van der Waals surface area contributed by atoms with E-state index in [0.717, 1.165) is 12.3 Å². The summed E-state index contributed by atoms with van der Waals surface area (Å²) in [6.07, 6.45) is 9.69. The number of hydrogen-bond donors (Lipinski definition) is 2. The van der Waals surface area contributed by atoms with Crippen LogP contribution in [0.1, 0.15) is 86.0 Å². The molecule has 3 unspecified atom stereocenters. The van der Waals surface area contributed by atoms with E-state index in [2.05, 4.69) is 24.5 Å². The maximum absolute atomic E-state index is 11.9. The van der Waals surface area contributed by atoms with Gasteiger partial charge in [0.05, 0.1) is 0 Å². The van der Waals surface area contributed by atoms with Gasteiger partial charge in [0.2, 0.25) is 0 Å². The Morgan fingerprint density at radius 3 is 2.61 bits per heavy atom. The first kappa shape index (κ1) is 20.3. The number of alkyl carbamates (subject to hydrolysis) is 1. The first-order chi connectivity index (χ1) is 10.8. The smallest absolute Gasteiger partial charge is 0.407 e. The number of carbonyl (C=O) groups excluding carboxylic acids is 1. The molecule has 1 fully saturated rings. The van der Waals surface area contributed by atoms with Crippen LogP contribution in [0.3, 0.4) is 0 Å². The molecule has 1 saturated carbocycles. The molecule has 0 spiro atoms. The third kappa shape index (κ3) is 9.85. The van der Waals surface area contributed by atoms with E-state index in [1.54, 1.807) is 0 Å². The zero-order valence-electron chi connectivity index (χ0n) is 15.9. The maximum Gasteiger partial charge on any atom is 0.407 e. The molecular weight excluding hydrogens is 288 g/mol. The van der Waals surface area contributed by atoms with Crippen LogP contribution in [0.15, 0.2) is 0 Å². The molecule has 2 N–H and O–H groups in total. The van der Waals surface area contributed by atoms with Crippen LogP contribution in [0.25, 0.3) is 0 Å². The summed E-state index contributed by atoms with van der Waals surface area (Å²) in [4.78, 5) is 11.9. The highest BCUT2D eigenvalue weighted by atomic mass is 16.6. The van der Waals surface area contributed by atoms with Gasteiger partial charge < -0.3 is 15.4 Å². The zero-order valence-corrected chi connectivity index (χ0v) is 15.9. The van der Waals surface area contributed by atoms with Crippen molar-refractivity contribution in [3.05, 3.63) is 0 Å². The largest absolute Gasteiger partial charge is 0.444 e. The fourth-order valence-corrected chi connectivity index (χ4v) is 3.20. The van der Waals surface area contributed by atoms with Crippen LogP contribution >= 0.6 is 0 Å². The third-order valence-electron chi connectivity index (χ3n) is 4.53. The van der Waals surface area contributed by atoms with Crippen molar-refractivity contribution in [3.8, 4) is 0 Å². The Balaban J connectivity index is 2.43. The molecule has 0 aromatic heterocycles. The van der Waals surface area contributed by atoms with Crippen molar-refractivity contribution in [1.29, 1.82) is 0 Å². The lowest BCUT2D eigenvalue weighted by atomic mass is 10.0. The number of amides is 1. The number of rotatable bonds is 7. The number of ether oxygens (including phenoxy) is 1. The normalized spacial score (nSPS) is 23.9. The molecule has 1 aliphatic rings. The highest BCUT2D eigenvalue weighted by Crippen LogP contribution is 2.23. The standard InChI is InChI=1S/C19H38N2O2/c1-6-7-10-17(14-20-18(22)23-19(3,4)5)21-16-11-8-9-15(2)12-13-16/h15-17,21H,6-14H2,1-5H3,(H,20,22). The van der Waals surface area contributed by atoms with Gasteiger partial charge in [-0.15, -0.1) is 0 Å². The second-order valence-electron chi connectivity index (χ2n) is 8.20. The van der Waals surface area contributed by atoms with Crippen LogP contribution in [0.5, 0.6) is 0 Å². The Hall–Kier alpha value is -0.770. The monoisotopic (exact) mass is 326 g/mol. The average Bonchev–Trinajstić information content (AvgIpc) is 2.64. The van der Waals surface area contributed by atoms with E-state index in [1.807, 2.05) is 20.8 Å². The molecule has 0 aliphatic heterocycles. The summed E-state index contributed by atoms with van der Waals surface area (Å²) in [5, 5.41) is 6.74. The van der Waals surface area contributed by atoms with Crippen LogP contribution in [0, 0.1) is 5.92 Å². The number of unbranched alkanes of at least 4 members (excludes halogenated alkanes) is 1. The van der Waals surface area contributed by atoms with Gasteiger partial charge in [-0.05, 0) is 52.4 Å². The fraction of sp³-hybridized carbons (Fsp3) is 0.947. The van der Waals surface area contributed by atoms with Crippen molar-refractivity contribution in [3.63, 3.8) is 0 Å². The Morgan fingerprint density at radius 2 is 1.96 bits per heavy atom. The summed E-state index contributed by atoms with van der Waals surface area (Å²) in [6.45, 7) is 10.9. The summed E-state index contributed by atoms with van der Waals surface area (Å²) in [5.74, 6) is 0.857. The predicted molar refractivity (Wildman–Crippen MR) is 96.7 cm³/mol. The van der Waals surface area contributed by atoms with E-state index in [9.17, 15) is 4.79 Å². The summed E-state index contributed by atoms with van der Waals surface area (Å²) < 4.78 is 5.34. The number of nitrogens with one attached hydrogen (secondary N) is 2. The molecule has 0 aromatic rings. The third-order valence-corrected chi connectivity index (χ3v) is 4.53. The van der Waals surface area contributed by atoms with E-state index < -0.39 is 5.60 Å². The highest BCUT2D eigenvalue weighted by molar-refractivity contribution is 5.67. The molecule has 0 heterocycles.